The minimum absolute atomic E-state index is 0.316. The van der Waals surface area contributed by atoms with Crippen LogP contribution >= 0.6 is 22.9 Å². The molecule has 1 atom stereocenters. The minimum atomic E-state index is -2.46. The van der Waals surface area contributed by atoms with Crippen LogP contribution in [-0.4, -0.2) is 31.2 Å². The van der Waals surface area contributed by atoms with Gasteiger partial charge in [0.15, 0.2) is 0 Å². The zero-order valence-corrected chi connectivity index (χ0v) is 12.2. The number of aryl methyl sites for hydroxylation is 1. The lowest BCUT2D eigenvalue weighted by atomic mass is 10.4. The average Bonchev–Trinajstić information content (AvgIpc) is 2.85. The first-order valence-corrected chi connectivity index (χ1v) is 8.60. The van der Waals surface area contributed by atoms with Gasteiger partial charge in [-0.1, -0.05) is 16.8 Å². The predicted molar refractivity (Wildman–Crippen MR) is 73.8 cm³/mol. The molecule has 0 saturated carbocycles. The van der Waals surface area contributed by atoms with E-state index in [1.807, 2.05) is 18.3 Å². The van der Waals surface area contributed by atoms with Gasteiger partial charge in [0.05, 0.1) is 16.6 Å². The quantitative estimate of drug-likeness (QED) is 0.921. The zero-order valence-electron chi connectivity index (χ0n) is 9.80. The second kappa shape index (κ2) is 5.38. The molecule has 2 aromatic rings. The van der Waals surface area contributed by atoms with E-state index in [0.717, 1.165) is 14.9 Å². The average molecular weight is 305 g/mol. The third kappa shape index (κ3) is 4.08. The maximum absolute atomic E-state index is 11.3. The van der Waals surface area contributed by atoms with Gasteiger partial charge < -0.3 is 0 Å². The topological polar surface area (TPSA) is 71.6 Å². The summed E-state index contributed by atoms with van der Waals surface area (Å²) in [6.07, 6.45) is 3.77. The van der Waals surface area contributed by atoms with Crippen LogP contribution < -0.4 is 0 Å². The number of nitrogens with zero attached hydrogens (tertiary/aromatic N) is 3. The van der Waals surface area contributed by atoms with Gasteiger partial charge in [0.25, 0.3) is 0 Å². The summed E-state index contributed by atoms with van der Waals surface area (Å²) >= 11 is 7.36. The number of hydrogen-bond donors (Lipinski definition) is 1. The van der Waals surface area contributed by atoms with Crippen LogP contribution in [0, 0.1) is 4.78 Å². The molecule has 0 aromatic carbocycles. The van der Waals surface area contributed by atoms with Gasteiger partial charge in [-0.05, 0) is 12.1 Å². The molecule has 0 saturated heterocycles. The van der Waals surface area contributed by atoms with Gasteiger partial charge in [0.2, 0.25) is 0 Å². The second-order valence-electron chi connectivity index (χ2n) is 4.07. The standard InChI is InChI=1S/C10H13ClN4OS2/c1-18(12,16)5-4-8-6-15(14-13-8)7-9-2-3-10(11)17-9/h2-3,6,12H,4-5,7H2,1H3. The first-order chi connectivity index (χ1) is 8.42. The van der Waals surface area contributed by atoms with Gasteiger partial charge >= 0.3 is 0 Å². The maximum atomic E-state index is 11.3. The molecule has 5 nitrogen and oxygen atoms in total. The number of aromatic nitrogens is 3. The van der Waals surface area contributed by atoms with E-state index in [4.69, 9.17) is 16.4 Å². The Morgan fingerprint density at radius 2 is 2.33 bits per heavy atom. The lowest BCUT2D eigenvalue weighted by Crippen LogP contribution is -2.04. The molecule has 2 aromatic heterocycles. The summed E-state index contributed by atoms with van der Waals surface area (Å²) in [5.74, 6) is 0.316. The molecular weight excluding hydrogens is 292 g/mol. The van der Waals surface area contributed by atoms with Crippen LogP contribution in [0.3, 0.4) is 0 Å². The molecule has 1 N–H and O–H groups in total. The maximum Gasteiger partial charge on any atom is 0.0931 e. The van der Waals surface area contributed by atoms with Gasteiger partial charge in [0.1, 0.15) is 0 Å². The van der Waals surface area contributed by atoms with Crippen molar-refractivity contribution in [2.45, 2.75) is 13.0 Å². The normalized spacial score (nSPS) is 14.6. The van der Waals surface area contributed by atoms with Crippen LogP contribution in [0.5, 0.6) is 0 Å². The van der Waals surface area contributed by atoms with E-state index >= 15 is 0 Å². The lowest BCUT2D eigenvalue weighted by Gasteiger charge is -1.97. The Hall–Kier alpha value is -0.920. The summed E-state index contributed by atoms with van der Waals surface area (Å²) in [5.41, 5.74) is 0.763. The monoisotopic (exact) mass is 304 g/mol. The van der Waals surface area contributed by atoms with Crippen molar-refractivity contribution in [3.05, 3.63) is 33.2 Å². The van der Waals surface area contributed by atoms with Crippen molar-refractivity contribution in [2.75, 3.05) is 12.0 Å². The first-order valence-electron chi connectivity index (χ1n) is 5.27. The minimum Gasteiger partial charge on any atom is -0.253 e. The molecule has 1 unspecified atom stereocenters. The Balaban J connectivity index is 1.98. The van der Waals surface area contributed by atoms with E-state index in [2.05, 4.69) is 10.3 Å². The van der Waals surface area contributed by atoms with Gasteiger partial charge in [-0.2, -0.15) is 0 Å². The third-order valence-corrected chi connectivity index (χ3v) is 4.48. The molecule has 0 aliphatic heterocycles. The Bertz CT molecular complexity index is 632. The van der Waals surface area contributed by atoms with E-state index in [1.165, 1.54) is 17.6 Å². The van der Waals surface area contributed by atoms with Crippen molar-refractivity contribution in [3.8, 4) is 0 Å². The van der Waals surface area contributed by atoms with Gasteiger partial charge in [-0.25, -0.2) is 4.68 Å². The molecule has 0 amide bonds. The molecule has 0 radical (unpaired) electrons. The van der Waals surface area contributed by atoms with Crippen LogP contribution in [0.4, 0.5) is 0 Å². The van der Waals surface area contributed by atoms with Crippen molar-refractivity contribution >= 4 is 32.7 Å². The van der Waals surface area contributed by atoms with Crippen LogP contribution in [0.1, 0.15) is 10.6 Å². The molecule has 0 spiro atoms. The van der Waals surface area contributed by atoms with Crippen molar-refractivity contribution in [2.24, 2.45) is 0 Å². The SMILES string of the molecule is CS(=N)(=O)CCc1cn(Cc2ccc(Cl)s2)nn1. The van der Waals surface area contributed by atoms with Crippen molar-refractivity contribution < 1.29 is 4.21 Å². The van der Waals surface area contributed by atoms with Gasteiger partial charge in [-0.3, -0.25) is 8.99 Å². The van der Waals surface area contributed by atoms with E-state index in [-0.39, 0.29) is 0 Å². The number of halogens is 1. The third-order valence-electron chi connectivity index (χ3n) is 2.28. The molecule has 0 aliphatic carbocycles. The molecule has 2 heterocycles. The highest BCUT2D eigenvalue weighted by Crippen LogP contribution is 2.21. The van der Waals surface area contributed by atoms with E-state index in [1.54, 1.807) is 4.68 Å². The fraction of sp³-hybridized carbons (Fsp3) is 0.400. The molecule has 2 rings (SSSR count). The van der Waals surface area contributed by atoms with E-state index < -0.39 is 9.73 Å². The number of rotatable bonds is 5. The molecule has 98 valence electrons. The Morgan fingerprint density at radius 1 is 1.56 bits per heavy atom. The number of nitrogens with one attached hydrogen (secondary N) is 1. The summed E-state index contributed by atoms with van der Waals surface area (Å²) in [5, 5.41) is 8.00. The first kappa shape index (κ1) is 13.5. The Morgan fingerprint density at radius 3 is 2.94 bits per heavy atom. The van der Waals surface area contributed by atoms with Crippen molar-refractivity contribution in [1.82, 2.24) is 15.0 Å². The van der Waals surface area contributed by atoms with Gasteiger partial charge in [-0.15, -0.1) is 16.4 Å². The van der Waals surface area contributed by atoms with Crippen LogP contribution in [-0.2, 0) is 22.7 Å². The fourth-order valence-corrected chi connectivity index (χ4v) is 3.10. The largest absolute Gasteiger partial charge is 0.253 e. The molecule has 0 bridgehead atoms. The Labute approximate surface area is 115 Å². The number of thiophene rings is 1. The molecule has 0 fully saturated rings. The van der Waals surface area contributed by atoms with E-state index in [0.29, 0.717) is 18.7 Å². The van der Waals surface area contributed by atoms with E-state index in [9.17, 15) is 4.21 Å². The molecule has 18 heavy (non-hydrogen) atoms. The zero-order chi connectivity index (χ0) is 13.2. The molecular formula is C10H13ClN4OS2. The van der Waals surface area contributed by atoms with Crippen molar-refractivity contribution in [1.29, 1.82) is 4.78 Å². The summed E-state index contributed by atoms with van der Waals surface area (Å²) < 4.78 is 21.1. The highest BCUT2D eigenvalue weighted by molar-refractivity contribution is 7.91. The molecule has 8 heteroatoms. The van der Waals surface area contributed by atoms with Crippen molar-refractivity contribution in [3.63, 3.8) is 0 Å². The van der Waals surface area contributed by atoms with Crippen LogP contribution in [0.15, 0.2) is 18.3 Å². The predicted octanol–water partition coefficient (Wildman–Crippen LogP) is 2.26. The summed E-state index contributed by atoms with van der Waals surface area (Å²) in [4.78, 5) is 1.11. The van der Waals surface area contributed by atoms with Crippen LogP contribution in [0.25, 0.3) is 0 Å². The van der Waals surface area contributed by atoms with Crippen LogP contribution in [0.2, 0.25) is 4.34 Å². The lowest BCUT2D eigenvalue weighted by molar-refractivity contribution is 0.655. The Kier molecular flexibility index (Phi) is 4.04. The summed E-state index contributed by atoms with van der Waals surface area (Å²) in [6, 6.07) is 3.81. The van der Waals surface area contributed by atoms with Gasteiger partial charge in [0, 0.05) is 39.2 Å². The second-order valence-corrected chi connectivity index (χ2v) is 8.29. The highest BCUT2D eigenvalue weighted by atomic mass is 35.5. The highest BCUT2D eigenvalue weighted by Gasteiger charge is 2.06. The smallest absolute Gasteiger partial charge is 0.0931 e. The summed E-state index contributed by atoms with van der Waals surface area (Å²) in [6.45, 7) is 0.632. The fourth-order valence-electron chi connectivity index (χ4n) is 1.43. The number of hydrogen-bond acceptors (Lipinski definition) is 5. The molecule has 0 aliphatic rings. The summed E-state index contributed by atoms with van der Waals surface area (Å²) in [7, 11) is -2.46.